The molecule has 1 aromatic heterocycles. The van der Waals surface area contributed by atoms with E-state index in [4.69, 9.17) is 0 Å². The maximum Gasteiger partial charge on any atom is 0.270 e. The number of aromatic nitrogens is 1. The molecular weight excluding hydrogens is 320 g/mol. The second-order valence-electron chi connectivity index (χ2n) is 5.15. The molecule has 0 atom stereocenters. The SMILES string of the molecule is CCn1cc(Br)cc1C(=O)N(C)CCN1CCNCC1. The average Bonchev–Trinajstić information content (AvgIpc) is 2.86. The number of piperazine rings is 1. The summed E-state index contributed by atoms with van der Waals surface area (Å²) in [6.07, 6.45) is 1.96. The Morgan fingerprint density at radius 1 is 1.45 bits per heavy atom. The Kier molecular flexibility index (Phi) is 5.63. The second-order valence-corrected chi connectivity index (χ2v) is 6.06. The quantitative estimate of drug-likeness (QED) is 0.875. The van der Waals surface area contributed by atoms with Crippen LogP contribution in [-0.4, -0.2) is 66.6 Å². The monoisotopic (exact) mass is 342 g/mol. The zero-order chi connectivity index (χ0) is 14.5. The Bertz CT molecular complexity index is 454. The zero-order valence-corrected chi connectivity index (χ0v) is 13.8. The minimum Gasteiger partial charge on any atom is -0.343 e. The van der Waals surface area contributed by atoms with E-state index in [2.05, 4.69) is 26.1 Å². The molecular formula is C14H23BrN4O. The molecule has 1 saturated heterocycles. The van der Waals surface area contributed by atoms with Gasteiger partial charge in [0.1, 0.15) is 5.69 Å². The highest BCUT2D eigenvalue weighted by atomic mass is 79.9. The summed E-state index contributed by atoms with van der Waals surface area (Å²) in [6.45, 7) is 8.79. The van der Waals surface area contributed by atoms with Crippen LogP contribution in [0.25, 0.3) is 0 Å². The Morgan fingerprint density at radius 3 is 2.80 bits per heavy atom. The van der Waals surface area contributed by atoms with Crippen molar-refractivity contribution in [2.45, 2.75) is 13.5 Å². The van der Waals surface area contributed by atoms with Crippen molar-refractivity contribution in [3.8, 4) is 0 Å². The highest BCUT2D eigenvalue weighted by Crippen LogP contribution is 2.16. The van der Waals surface area contributed by atoms with Crippen LogP contribution in [0, 0.1) is 0 Å². The first-order valence-corrected chi connectivity index (χ1v) is 7.95. The Balaban J connectivity index is 1.90. The molecule has 1 aliphatic heterocycles. The van der Waals surface area contributed by atoms with E-state index in [1.165, 1.54) is 0 Å². The highest BCUT2D eigenvalue weighted by Gasteiger charge is 2.18. The van der Waals surface area contributed by atoms with Gasteiger partial charge < -0.3 is 14.8 Å². The van der Waals surface area contributed by atoms with E-state index in [9.17, 15) is 4.79 Å². The van der Waals surface area contributed by atoms with Crippen molar-refractivity contribution in [2.24, 2.45) is 0 Å². The van der Waals surface area contributed by atoms with Crippen LogP contribution < -0.4 is 5.32 Å². The zero-order valence-electron chi connectivity index (χ0n) is 12.2. The minimum absolute atomic E-state index is 0.0904. The van der Waals surface area contributed by atoms with Crippen molar-refractivity contribution in [1.29, 1.82) is 0 Å². The van der Waals surface area contributed by atoms with Crippen LogP contribution in [0.3, 0.4) is 0 Å². The molecule has 2 rings (SSSR count). The van der Waals surface area contributed by atoms with E-state index in [1.807, 2.05) is 35.7 Å². The first-order valence-electron chi connectivity index (χ1n) is 7.16. The smallest absolute Gasteiger partial charge is 0.270 e. The van der Waals surface area contributed by atoms with Crippen molar-refractivity contribution < 1.29 is 4.79 Å². The summed E-state index contributed by atoms with van der Waals surface area (Å²) in [7, 11) is 1.88. The fraction of sp³-hybridized carbons (Fsp3) is 0.643. The first kappa shape index (κ1) is 15.5. The Hall–Kier alpha value is -0.850. The third-order valence-corrected chi connectivity index (χ3v) is 4.16. The summed E-state index contributed by atoms with van der Waals surface area (Å²) in [5.74, 6) is 0.0904. The summed E-state index contributed by atoms with van der Waals surface area (Å²) in [5.41, 5.74) is 0.752. The number of likely N-dealkylation sites (N-methyl/N-ethyl adjacent to an activating group) is 1. The average molecular weight is 343 g/mol. The van der Waals surface area contributed by atoms with E-state index in [0.29, 0.717) is 0 Å². The summed E-state index contributed by atoms with van der Waals surface area (Å²) < 4.78 is 2.94. The van der Waals surface area contributed by atoms with Gasteiger partial charge in [0.05, 0.1) is 0 Å². The van der Waals surface area contributed by atoms with Crippen LogP contribution in [0.2, 0.25) is 0 Å². The molecule has 6 heteroatoms. The standard InChI is InChI=1S/C14H23BrN4O/c1-3-19-11-12(15)10-13(19)14(20)17(2)8-9-18-6-4-16-5-7-18/h10-11,16H,3-9H2,1-2H3. The van der Waals surface area contributed by atoms with Gasteiger partial charge in [-0.3, -0.25) is 9.69 Å². The van der Waals surface area contributed by atoms with Gasteiger partial charge in [-0.1, -0.05) is 0 Å². The van der Waals surface area contributed by atoms with Gasteiger partial charge in [-0.25, -0.2) is 0 Å². The van der Waals surface area contributed by atoms with Gasteiger partial charge in [0.25, 0.3) is 5.91 Å². The number of carbonyl (C=O) groups excluding carboxylic acids is 1. The fourth-order valence-corrected chi connectivity index (χ4v) is 2.90. The summed E-state index contributed by atoms with van der Waals surface area (Å²) in [6, 6.07) is 1.90. The van der Waals surface area contributed by atoms with Gasteiger partial charge in [-0.15, -0.1) is 0 Å². The maximum atomic E-state index is 12.5. The molecule has 0 aliphatic carbocycles. The van der Waals surface area contributed by atoms with Crippen LogP contribution in [0.1, 0.15) is 17.4 Å². The van der Waals surface area contributed by atoms with Crippen molar-refractivity contribution >= 4 is 21.8 Å². The molecule has 2 heterocycles. The van der Waals surface area contributed by atoms with Crippen LogP contribution in [0.4, 0.5) is 0 Å². The number of amides is 1. The predicted octanol–water partition coefficient (Wildman–Crippen LogP) is 1.25. The molecule has 1 aromatic rings. The number of hydrogen-bond acceptors (Lipinski definition) is 3. The van der Waals surface area contributed by atoms with Crippen LogP contribution in [-0.2, 0) is 6.54 Å². The van der Waals surface area contributed by atoms with Gasteiger partial charge in [0.2, 0.25) is 0 Å². The largest absolute Gasteiger partial charge is 0.343 e. The number of halogens is 1. The number of hydrogen-bond donors (Lipinski definition) is 1. The lowest BCUT2D eigenvalue weighted by Crippen LogP contribution is -2.46. The van der Waals surface area contributed by atoms with E-state index in [-0.39, 0.29) is 5.91 Å². The van der Waals surface area contributed by atoms with Crippen molar-refractivity contribution in [2.75, 3.05) is 46.3 Å². The predicted molar refractivity (Wildman–Crippen MR) is 84.1 cm³/mol. The van der Waals surface area contributed by atoms with Crippen molar-refractivity contribution in [3.05, 3.63) is 22.4 Å². The number of nitrogens with zero attached hydrogens (tertiary/aromatic N) is 3. The molecule has 1 fully saturated rings. The normalized spacial score (nSPS) is 16.4. The van der Waals surface area contributed by atoms with Crippen molar-refractivity contribution in [1.82, 2.24) is 19.7 Å². The molecule has 1 aliphatic rings. The summed E-state index contributed by atoms with van der Waals surface area (Å²) >= 11 is 3.44. The Morgan fingerprint density at radius 2 is 2.15 bits per heavy atom. The summed E-state index contributed by atoms with van der Waals surface area (Å²) in [4.78, 5) is 16.7. The number of aryl methyl sites for hydroxylation is 1. The molecule has 0 spiro atoms. The Labute approximate surface area is 129 Å². The molecule has 0 radical (unpaired) electrons. The number of nitrogens with one attached hydrogen (secondary N) is 1. The van der Waals surface area contributed by atoms with Gasteiger partial charge in [0, 0.05) is 63.5 Å². The van der Waals surface area contributed by atoms with Crippen LogP contribution in [0.5, 0.6) is 0 Å². The fourth-order valence-electron chi connectivity index (χ4n) is 2.44. The molecule has 1 N–H and O–H groups in total. The van der Waals surface area contributed by atoms with E-state index in [0.717, 1.165) is 56.0 Å². The molecule has 1 amide bonds. The molecule has 0 aromatic carbocycles. The van der Waals surface area contributed by atoms with E-state index in [1.54, 1.807) is 0 Å². The van der Waals surface area contributed by atoms with Gasteiger partial charge >= 0.3 is 0 Å². The van der Waals surface area contributed by atoms with Crippen LogP contribution in [0.15, 0.2) is 16.7 Å². The second kappa shape index (κ2) is 7.24. The highest BCUT2D eigenvalue weighted by molar-refractivity contribution is 9.10. The van der Waals surface area contributed by atoms with Crippen LogP contribution >= 0.6 is 15.9 Å². The molecule has 0 unspecified atom stereocenters. The topological polar surface area (TPSA) is 40.5 Å². The van der Waals surface area contributed by atoms with Crippen molar-refractivity contribution in [3.63, 3.8) is 0 Å². The summed E-state index contributed by atoms with van der Waals surface area (Å²) in [5, 5.41) is 3.34. The third kappa shape index (κ3) is 3.84. The van der Waals surface area contributed by atoms with Gasteiger partial charge in [-0.2, -0.15) is 0 Å². The number of carbonyl (C=O) groups is 1. The lowest BCUT2D eigenvalue weighted by atomic mass is 10.3. The van der Waals surface area contributed by atoms with E-state index >= 15 is 0 Å². The lowest BCUT2D eigenvalue weighted by Gasteiger charge is -2.29. The minimum atomic E-state index is 0.0904. The van der Waals surface area contributed by atoms with E-state index < -0.39 is 0 Å². The molecule has 20 heavy (non-hydrogen) atoms. The van der Waals surface area contributed by atoms with Gasteiger partial charge in [-0.05, 0) is 28.9 Å². The molecule has 0 bridgehead atoms. The third-order valence-electron chi connectivity index (χ3n) is 3.73. The molecule has 5 nitrogen and oxygen atoms in total. The molecule has 0 saturated carbocycles. The number of rotatable bonds is 5. The molecule has 112 valence electrons. The first-order chi connectivity index (χ1) is 9.61. The lowest BCUT2D eigenvalue weighted by molar-refractivity contribution is 0.0764. The van der Waals surface area contributed by atoms with Gasteiger partial charge in [0.15, 0.2) is 0 Å². The maximum absolute atomic E-state index is 12.5.